The lowest BCUT2D eigenvalue weighted by Gasteiger charge is -2.21. The first-order valence-corrected chi connectivity index (χ1v) is 4.96. The summed E-state index contributed by atoms with van der Waals surface area (Å²) in [6.07, 6.45) is 0.388. The third-order valence-corrected chi connectivity index (χ3v) is 2.32. The fourth-order valence-electron chi connectivity index (χ4n) is 1.63. The molecule has 0 aromatic carbocycles. The Hall–Kier alpha value is -0.610. The summed E-state index contributed by atoms with van der Waals surface area (Å²) in [6, 6.07) is -0.285. The first kappa shape index (κ1) is 11.5. The average molecular weight is 201 g/mol. The van der Waals surface area contributed by atoms with Crippen LogP contribution in [0, 0.1) is 5.92 Å². The number of ether oxygens (including phenoxy) is 1. The Bertz CT molecular complexity index is 212. The number of hydrogen-bond donors (Lipinski definition) is 2. The van der Waals surface area contributed by atoms with E-state index in [9.17, 15) is 9.90 Å². The normalized spacial score (nSPS) is 33.1. The maximum absolute atomic E-state index is 11.6. The van der Waals surface area contributed by atoms with Crippen molar-refractivity contribution in [2.24, 2.45) is 11.7 Å². The summed E-state index contributed by atoms with van der Waals surface area (Å²) in [5.41, 5.74) is 5.15. The summed E-state index contributed by atoms with van der Waals surface area (Å²) in [5, 5.41) is 9.38. The molecule has 0 aliphatic heterocycles. The molecule has 3 atom stereocenters. The largest absolute Gasteiger partial charge is 0.460 e. The van der Waals surface area contributed by atoms with Gasteiger partial charge in [0.15, 0.2) is 0 Å². The Morgan fingerprint density at radius 2 is 2.00 bits per heavy atom. The van der Waals surface area contributed by atoms with Gasteiger partial charge in [-0.2, -0.15) is 0 Å². The second-order valence-corrected chi connectivity index (χ2v) is 4.93. The first-order chi connectivity index (χ1) is 6.29. The maximum Gasteiger partial charge on any atom is 0.309 e. The van der Waals surface area contributed by atoms with Crippen molar-refractivity contribution in [1.29, 1.82) is 0 Å². The number of esters is 1. The number of hydrogen-bond acceptors (Lipinski definition) is 4. The highest BCUT2D eigenvalue weighted by atomic mass is 16.6. The minimum Gasteiger partial charge on any atom is -0.460 e. The van der Waals surface area contributed by atoms with Crippen molar-refractivity contribution in [2.75, 3.05) is 0 Å². The van der Waals surface area contributed by atoms with Gasteiger partial charge in [0.05, 0.1) is 12.0 Å². The Balaban J connectivity index is 2.48. The van der Waals surface area contributed by atoms with E-state index in [1.807, 2.05) is 20.8 Å². The number of aliphatic hydroxyl groups excluding tert-OH is 1. The highest BCUT2D eigenvalue weighted by Crippen LogP contribution is 2.27. The Morgan fingerprint density at radius 1 is 1.43 bits per heavy atom. The molecule has 3 N–H and O–H groups in total. The number of aliphatic hydroxyl groups is 1. The second kappa shape index (κ2) is 3.87. The van der Waals surface area contributed by atoms with Crippen LogP contribution in [-0.4, -0.2) is 28.8 Å². The molecule has 4 nitrogen and oxygen atoms in total. The molecule has 4 heteroatoms. The predicted molar refractivity (Wildman–Crippen MR) is 52.6 cm³/mol. The summed E-state index contributed by atoms with van der Waals surface area (Å²) in [7, 11) is 0. The standard InChI is InChI=1S/C10H19NO3/c1-10(2,3)14-9(13)6-4-7(11)8(12)5-6/h6-8,12H,4-5,11H2,1-3H3/t6-,7-,8+/m1/s1. The minimum absolute atomic E-state index is 0.237. The van der Waals surface area contributed by atoms with E-state index in [2.05, 4.69) is 0 Å². The predicted octanol–water partition coefficient (Wildman–Crippen LogP) is 0.426. The van der Waals surface area contributed by atoms with Crippen LogP contribution in [0.1, 0.15) is 33.6 Å². The van der Waals surface area contributed by atoms with Crippen LogP contribution in [0.3, 0.4) is 0 Å². The Labute approximate surface area is 84.4 Å². The molecule has 1 aliphatic rings. The monoisotopic (exact) mass is 201 g/mol. The number of rotatable bonds is 1. The molecule has 82 valence electrons. The van der Waals surface area contributed by atoms with E-state index in [-0.39, 0.29) is 17.9 Å². The van der Waals surface area contributed by atoms with Gasteiger partial charge < -0.3 is 15.6 Å². The minimum atomic E-state index is -0.562. The van der Waals surface area contributed by atoms with Crippen molar-refractivity contribution in [3.05, 3.63) is 0 Å². The SMILES string of the molecule is CC(C)(C)OC(=O)[C@@H]1C[C@@H](N)[C@@H](O)C1. The quantitative estimate of drug-likeness (QED) is 0.603. The zero-order valence-corrected chi connectivity index (χ0v) is 8.99. The molecule has 1 rings (SSSR count). The van der Waals surface area contributed by atoms with E-state index >= 15 is 0 Å². The summed E-state index contributed by atoms with van der Waals surface area (Å²) < 4.78 is 5.21. The molecule has 0 aromatic heterocycles. The van der Waals surface area contributed by atoms with Gasteiger partial charge in [-0.25, -0.2) is 0 Å². The van der Waals surface area contributed by atoms with Crippen molar-refractivity contribution < 1.29 is 14.6 Å². The number of nitrogens with two attached hydrogens (primary N) is 1. The number of carbonyl (C=O) groups excluding carboxylic acids is 1. The van der Waals surface area contributed by atoms with E-state index in [0.29, 0.717) is 12.8 Å². The van der Waals surface area contributed by atoms with Crippen molar-refractivity contribution in [2.45, 2.75) is 51.4 Å². The van der Waals surface area contributed by atoms with Crippen molar-refractivity contribution in [1.82, 2.24) is 0 Å². The van der Waals surface area contributed by atoms with Gasteiger partial charge in [-0.05, 0) is 33.6 Å². The van der Waals surface area contributed by atoms with Crippen LogP contribution in [0.15, 0.2) is 0 Å². The van der Waals surface area contributed by atoms with Gasteiger partial charge in [0.1, 0.15) is 5.60 Å². The molecule has 0 saturated heterocycles. The molecular formula is C10H19NO3. The summed E-state index contributed by atoms with van der Waals surface area (Å²) in [4.78, 5) is 11.6. The van der Waals surface area contributed by atoms with Gasteiger partial charge in [0.25, 0.3) is 0 Å². The van der Waals surface area contributed by atoms with Crippen molar-refractivity contribution >= 4 is 5.97 Å². The van der Waals surface area contributed by atoms with Crippen molar-refractivity contribution in [3.63, 3.8) is 0 Å². The summed E-state index contributed by atoms with van der Waals surface area (Å²) in [6.45, 7) is 5.49. The molecule has 0 radical (unpaired) electrons. The molecule has 0 aromatic rings. The van der Waals surface area contributed by atoms with Gasteiger partial charge in [0.2, 0.25) is 0 Å². The van der Waals surface area contributed by atoms with Crippen LogP contribution in [-0.2, 0) is 9.53 Å². The topological polar surface area (TPSA) is 72.5 Å². The fraction of sp³-hybridized carbons (Fsp3) is 0.900. The fourth-order valence-corrected chi connectivity index (χ4v) is 1.63. The van der Waals surface area contributed by atoms with Gasteiger partial charge in [-0.15, -0.1) is 0 Å². The summed E-state index contributed by atoms with van der Waals surface area (Å²) in [5.74, 6) is -0.483. The zero-order valence-electron chi connectivity index (χ0n) is 8.99. The summed E-state index contributed by atoms with van der Waals surface area (Å²) >= 11 is 0. The van der Waals surface area contributed by atoms with E-state index in [0.717, 1.165) is 0 Å². The number of carbonyl (C=O) groups is 1. The van der Waals surface area contributed by atoms with Crippen LogP contribution in [0.4, 0.5) is 0 Å². The lowest BCUT2D eigenvalue weighted by molar-refractivity contribution is -0.160. The molecule has 0 bridgehead atoms. The van der Waals surface area contributed by atoms with E-state index in [4.69, 9.17) is 10.5 Å². The average Bonchev–Trinajstić information content (AvgIpc) is 2.28. The molecule has 0 heterocycles. The van der Waals surface area contributed by atoms with Gasteiger partial charge in [-0.3, -0.25) is 4.79 Å². The highest BCUT2D eigenvalue weighted by Gasteiger charge is 2.36. The van der Waals surface area contributed by atoms with Crippen LogP contribution in [0.5, 0.6) is 0 Å². The third kappa shape index (κ3) is 2.96. The van der Waals surface area contributed by atoms with Gasteiger partial charge in [0, 0.05) is 6.04 Å². The van der Waals surface area contributed by atoms with E-state index < -0.39 is 11.7 Å². The molecule has 1 aliphatic carbocycles. The molecule has 1 saturated carbocycles. The van der Waals surface area contributed by atoms with Crippen LogP contribution in [0.25, 0.3) is 0 Å². The molecule has 0 amide bonds. The first-order valence-electron chi connectivity index (χ1n) is 4.96. The van der Waals surface area contributed by atoms with E-state index in [1.54, 1.807) is 0 Å². The van der Waals surface area contributed by atoms with Crippen LogP contribution < -0.4 is 5.73 Å². The maximum atomic E-state index is 11.6. The van der Waals surface area contributed by atoms with Crippen molar-refractivity contribution in [3.8, 4) is 0 Å². The molecule has 0 spiro atoms. The van der Waals surface area contributed by atoms with Gasteiger partial charge in [-0.1, -0.05) is 0 Å². The third-order valence-electron chi connectivity index (χ3n) is 2.32. The lowest BCUT2D eigenvalue weighted by Crippen LogP contribution is -2.29. The van der Waals surface area contributed by atoms with Crippen LogP contribution in [0.2, 0.25) is 0 Å². The molecule has 1 fully saturated rings. The van der Waals surface area contributed by atoms with E-state index in [1.165, 1.54) is 0 Å². The Morgan fingerprint density at radius 3 is 2.36 bits per heavy atom. The highest BCUT2D eigenvalue weighted by molar-refractivity contribution is 5.73. The molecular weight excluding hydrogens is 182 g/mol. The lowest BCUT2D eigenvalue weighted by atomic mass is 10.1. The smallest absolute Gasteiger partial charge is 0.309 e. The zero-order chi connectivity index (χ0) is 10.9. The Kier molecular flexibility index (Phi) is 3.17. The van der Waals surface area contributed by atoms with Crippen LogP contribution >= 0.6 is 0 Å². The molecule has 0 unspecified atom stereocenters. The second-order valence-electron chi connectivity index (χ2n) is 4.93. The molecule has 14 heavy (non-hydrogen) atoms. The van der Waals surface area contributed by atoms with Gasteiger partial charge >= 0.3 is 5.97 Å².